The molecular weight excluding hydrogens is 432 g/mol. The quantitative estimate of drug-likeness (QED) is 0.205. The van der Waals surface area contributed by atoms with E-state index < -0.39 is 18.0 Å². The Morgan fingerprint density at radius 1 is 1.28 bits per heavy atom. The summed E-state index contributed by atoms with van der Waals surface area (Å²) in [5.41, 5.74) is 0.893. The number of nitrogens with one attached hydrogen (secondary N) is 2. The lowest BCUT2D eigenvalue weighted by atomic mass is 9.96. The highest BCUT2D eigenvalue weighted by molar-refractivity contribution is 6.18. The van der Waals surface area contributed by atoms with Crippen LogP contribution in [-0.4, -0.2) is 55.3 Å². The summed E-state index contributed by atoms with van der Waals surface area (Å²) in [5, 5.41) is 6.34. The van der Waals surface area contributed by atoms with Gasteiger partial charge in [-0.15, -0.1) is 11.6 Å². The number of alkyl halides is 1. The number of rotatable bonds is 11. The maximum absolute atomic E-state index is 12.5. The molecule has 1 aromatic rings. The van der Waals surface area contributed by atoms with Crippen molar-refractivity contribution in [3.8, 4) is 0 Å². The van der Waals surface area contributed by atoms with Gasteiger partial charge in [0.25, 0.3) is 0 Å². The van der Waals surface area contributed by atoms with Gasteiger partial charge < -0.3 is 29.4 Å². The van der Waals surface area contributed by atoms with Crippen LogP contribution in [0.3, 0.4) is 0 Å². The molecule has 1 aromatic heterocycles. The Labute approximate surface area is 197 Å². The monoisotopic (exact) mass is 470 g/mol. The Kier molecular flexibility index (Phi) is 9.85. The molecule has 1 saturated carbocycles. The third-order valence-corrected chi connectivity index (χ3v) is 5.58. The fraction of sp³-hybridized carbons (Fsp3) is 0.739. The number of aromatic nitrogens is 1. The molecule has 9 heteroatoms. The van der Waals surface area contributed by atoms with Crippen LogP contribution < -0.4 is 10.6 Å². The van der Waals surface area contributed by atoms with Crippen LogP contribution in [0.4, 0.5) is 10.6 Å². The van der Waals surface area contributed by atoms with Crippen molar-refractivity contribution in [2.45, 2.75) is 77.7 Å². The van der Waals surface area contributed by atoms with Gasteiger partial charge in [0.15, 0.2) is 6.29 Å². The number of aliphatic imine (C=N–C) groups is 1. The molecule has 0 radical (unpaired) electrons. The van der Waals surface area contributed by atoms with E-state index >= 15 is 0 Å². The molecule has 32 heavy (non-hydrogen) atoms. The van der Waals surface area contributed by atoms with Crippen molar-refractivity contribution in [1.82, 2.24) is 9.88 Å². The van der Waals surface area contributed by atoms with Crippen LogP contribution in [-0.2, 0) is 19.7 Å². The average Bonchev–Trinajstić information content (AvgIpc) is 3.34. The molecule has 1 amide bonds. The lowest BCUT2D eigenvalue weighted by Crippen LogP contribution is -2.46. The fourth-order valence-electron chi connectivity index (χ4n) is 4.31. The summed E-state index contributed by atoms with van der Waals surface area (Å²) in [5.74, 6) is 0.895. The van der Waals surface area contributed by atoms with Crippen LogP contribution in [0.1, 0.15) is 77.8 Å². The zero-order valence-corrected chi connectivity index (χ0v) is 21.1. The SMILES string of the molecule is CCOC(OCC)c1cc(C=NCCl)c(NC)n1C1(CNC(=O)OC(C)(C)C)CCCC1. The van der Waals surface area contributed by atoms with Gasteiger partial charge in [-0.05, 0) is 53.5 Å². The van der Waals surface area contributed by atoms with Gasteiger partial charge in [-0.3, -0.25) is 4.99 Å². The fourth-order valence-corrected chi connectivity index (χ4v) is 4.38. The molecule has 1 heterocycles. The molecule has 1 aliphatic rings. The van der Waals surface area contributed by atoms with Crippen molar-refractivity contribution in [2.24, 2.45) is 4.99 Å². The van der Waals surface area contributed by atoms with Gasteiger partial charge >= 0.3 is 6.09 Å². The van der Waals surface area contributed by atoms with Gasteiger partial charge in [0.1, 0.15) is 17.4 Å². The van der Waals surface area contributed by atoms with Crippen LogP contribution in [0, 0.1) is 0 Å². The lowest BCUT2D eigenvalue weighted by molar-refractivity contribution is -0.145. The Morgan fingerprint density at radius 2 is 1.91 bits per heavy atom. The Bertz CT molecular complexity index is 761. The summed E-state index contributed by atoms with van der Waals surface area (Å²) in [6.45, 7) is 10.9. The molecule has 0 spiro atoms. The maximum atomic E-state index is 12.5. The minimum atomic E-state index is -0.554. The van der Waals surface area contributed by atoms with Gasteiger partial charge in [-0.1, -0.05) is 12.8 Å². The predicted octanol–water partition coefficient (Wildman–Crippen LogP) is 5.01. The molecule has 8 nitrogen and oxygen atoms in total. The number of hydrogen-bond acceptors (Lipinski definition) is 6. The van der Waals surface area contributed by atoms with Crippen molar-refractivity contribution in [1.29, 1.82) is 0 Å². The standard InChI is InChI=1S/C23H39ClN4O4/c1-7-30-20(31-8-2)18-13-17(14-26-16-24)19(25-6)28(18)23(11-9-10-12-23)15-27-21(29)32-22(3,4)5/h13-14,20,25H,7-12,15-16H2,1-6H3,(H,27,29). The van der Waals surface area contributed by atoms with E-state index in [2.05, 4.69) is 20.2 Å². The van der Waals surface area contributed by atoms with Gasteiger partial charge in [0, 0.05) is 38.6 Å². The molecule has 2 N–H and O–H groups in total. The van der Waals surface area contributed by atoms with E-state index in [4.69, 9.17) is 25.8 Å². The zero-order chi connectivity index (χ0) is 23.8. The number of nitrogens with zero attached hydrogens (tertiary/aromatic N) is 2. The Hall–Kier alpha value is -1.77. The maximum Gasteiger partial charge on any atom is 0.407 e. The highest BCUT2D eigenvalue weighted by atomic mass is 35.5. The average molecular weight is 471 g/mol. The first-order valence-electron chi connectivity index (χ1n) is 11.4. The van der Waals surface area contributed by atoms with E-state index in [0.29, 0.717) is 19.8 Å². The molecule has 0 aromatic carbocycles. The van der Waals surface area contributed by atoms with Gasteiger partial charge in [0.2, 0.25) is 0 Å². The molecule has 0 saturated heterocycles. The Balaban J connectivity index is 2.54. The van der Waals surface area contributed by atoms with E-state index in [0.717, 1.165) is 42.8 Å². The molecule has 0 unspecified atom stereocenters. The Morgan fingerprint density at radius 3 is 2.41 bits per heavy atom. The lowest BCUT2D eigenvalue weighted by Gasteiger charge is -2.36. The number of halogens is 1. The number of hydrogen-bond donors (Lipinski definition) is 2. The third-order valence-electron chi connectivity index (χ3n) is 5.44. The van der Waals surface area contributed by atoms with E-state index in [-0.39, 0.29) is 11.5 Å². The summed E-state index contributed by atoms with van der Waals surface area (Å²) >= 11 is 5.81. The van der Waals surface area contributed by atoms with Crippen molar-refractivity contribution in [2.75, 3.05) is 38.1 Å². The van der Waals surface area contributed by atoms with Gasteiger partial charge in [-0.25, -0.2) is 4.79 Å². The second kappa shape index (κ2) is 11.9. The number of carbonyl (C=O) groups excluding carboxylic acids is 1. The molecule has 0 atom stereocenters. The smallest absolute Gasteiger partial charge is 0.407 e. The molecule has 182 valence electrons. The summed E-state index contributed by atoms with van der Waals surface area (Å²) in [4.78, 5) is 16.7. The van der Waals surface area contributed by atoms with Crippen LogP contribution in [0.15, 0.2) is 11.1 Å². The predicted molar refractivity (Wildman–Crippen MR) is 129 cm³/mol. The van der Waals surface area contributed by atoms with E-state index in [9.17, 15) is 4.79 Å². The summed E-state index contributed by atoms with van der Waals surface area (Å²) in [6.07, 6.45) is 4.77. The number of anilines is 1. The van der Waals surface area contributed by atoms with Gasteiger partial charge in [0.05, 0.1) is 11.2 Å². The molecule has 1 aliphatic carbocycles. The zero-order valence-electron chi connectivity index (χ0n) is 20.3. The van der Waals surface area contributed by atoms with Crippen molar-refractivity contribution >= 4 is 29.7 Å². The van der Waals surface area contributed by atoms with Crippen molar-refractivity contribution in [3.05, 3.63) is 17.3 Å². The first kappa shape index (κ1) is 26.5. The van der Waals surface area contributed by atoms with Gasteiger partial charge in [-0.2, -0.15) is 0 Å². The molecule has 1 fully saturated rings. The third kappa shape index (κ3) is 6.62. The molecule has 2 rings (SSSR count). The minimum absolute atomic E-state index is 0.176. The normalized spacial score (nSPS) is 16.1. The van der Waals surface area contributed by atoms with Crippen LogP contribution in [0.25, 0.3) is 0 Å². The van der Waals surface area contributed by atoms with Crippen LogP contribution in [0.5, 0.6) is 0 Å². The number of alkyl carbamates (subject to hydrolysis) is 1. The number of amides is 1. The first-order valence-corrected chi connectivity index (χ1v) is 11.9. The first-order chi connectivity index (χ1) is 15.2. The number of carbonyl (C=O) groups is 1. The summed E-state index contributed by atoms with van der Waals surface area (Å²) < 4.78 is 19.7. The van der Waals surface area contributed by atoms with Crippen molar-refractivity contribution < 1.29 is 19.0 Å². The van der Waals surface area contributed by atoms with E-state index in [1.165, 1.54) is 0 Å². The second-order valence-electron chi connectivity index (χ2n) is 8.92. The number of ether oxygens (including phenoxy) is 3. The van der Waals surface area contributed by atoms with Crippen LogP contribution in [0.2, 0.25) is 0 Å². The largest absolute Gasteiger partial charge is 0.444 e. The molecule has 0 aliphatic heterocycles. The topological polar surface area (TPSA) is 86.1 Å². The van der Waals surface area contributed by atoms with Crippen molar-refractivity contribution in [3.63, 3.8) is 0 Å². The summed E-state index contributed by atoms with van der Waals surface area (Å²) in [6, 6.07) is 2.21. The molecular formula is C23H39ClN4O4. The van der Waals surface area contributed by atoms with E-state index in [1.54, 1.807) is 6.21 Å². The van der Waals surface area contributed by atoms with Crippen LogP contribution >= 0.6 is 11.6 Å². The van der Waals surface area contributed by atoms with E-state index in [1.807, 2.05) is 47.7 Å². The summed E-state index contributed by atoms with van der Waals surface area (Å²) in [7, 11) is 1.88. The molecule has 0 bridgehead atoms. The minimum Gasteiger partial charge on any atom is -0.444 e. The highest BCUT2D eigenvalue weighted by Crippen LogP contribution is 2.43. The highest BCUT2D eigenvalue weighted by Gasteiger charge is 2.41. The second-order valence-corrected chi connectivity index (χ2v) is 9.16.